The maximum absolute atomic E-state index is 4.42. The smallest absolute Gasteiger partial charge is 0.141 e. The molecule has 1 N–H and O–H groups in total. The van der Waals surface area contributed by atoms with Gasteiger partial charge in [-0.1, -0.05) is 13.3 Å². The summed E-state index contributed by atoms with van der Waals surface area (Å²) in [6.07, 6.45) is 4.16. The summed E-state index contributed by atoms with van der Waals surface area (Å²) in [5.74, 6) is 1.09. The van der Waals surface area contributed by atoms with Gasteiger partial charge >= 0.3 is 0 Å². The molecule has 19 heavy (non-hydrogen) atoms. The molecule has 110 valence electrons. The van der Waals surface area contributed by atoms with E-state index in [1.807, 2.05) is 4.68 Å². The summed E-state index contributed by atoms with van der Waals surface area (Å²) in [7, 11) is 0. The van der Waals surface area contributed by atoms with Gasteiger partial charge in [-0.05, 0) is 20.3 Å². The molecule has 1 atom stereocenters. The molecule has 6 heteroatoms. The summed E-state index contributed by atoms with van der Waals surface area (Å²) >= 11 is 0. The predicted molar refractivity (Wildman–Crippen MR) is 79.6 cm³/mol. The Hall–Kier alpha value is -0.650. The van der Waals surface area contributed by atoms with E-state index >= 15 is 0 Å². The van der Waals surface area contributed by atoms with Crippen molar-refractivity contribution in [1.29, 1.82) is 0 Å². The normalized spacial score (nSPS) is 20.5. The molecule has 0 amide bonds. The van der Waals surface area contributed by atoms with Gasteiger partial charge in [0.2, 0.25) is 0 Å². The van der Waals surface area contributed by atoms with Gasteiger partial charge in [0, 0.05) is 31.7 Å². The molecule has 2 rings (SSSR count). The zero-order valence-corrected chi connectivity index (χ0v) is 13.0. The van der Waals surface area contributed by atoms with Gasteiger partial charge < -0.3 is 5.32 Å². The van der Waals surface area contributed by atoms with Crippen molar-refractivity contribution >= 4 is 12.4 Å². The van der Waals surface area contributed by atoms with E-state index in [-0.39, 0.29) is 12.4 Å². The van der Waals surface area contributed by atoms with Gasteiger partial charge in [0.05, 0.1) is 6.54 Å². The third kappa shape index (κ3) is 4.16. The molecule has 1 aliphatic rings. The van der Waals surface area contributed by atoms with Crippen LogP contribution in [-0.4, -0.2) is 45.3 Å². The average molecular weight is 288 g/mol. The average Bonchev–Trinajstić information content (AvgIpc) is 2.80. The largest absolute Gasteiger partial charge is 0.314 e. The molecule has 0 spiro atoms. The lowest BCUT2D eigenvalue weighted by Crippen LogP contribution is -2.50. The molecule has 0 aromatic carbocycles. The van der Waals surface area contributed by atoms with Gasteiger partial charge in [0.1, 0.15) is 12.2 Å². The van der Waals surface area contributed by atoms with Crippen LogP contribution in [0.15, 0.2) is 6.33 Å². The Morgan fingerprint density at radius 3 is 2.95 bits per heavy atom. The molecule has 1 fully saturated rings. The van der Waals surface area contributed by atoms with Crippen molar-refractivity contribution in [2.24, 2.45) is 0 Å². The zero-order valence-electron chi connectivity index (χ0n) is 12.2. The van der Waals surface area contributed by atoms with Crippen LogP contribution in [0.3, 0.4) is 0 Å². The Balaban J connectivity index is 0.00000180. The first kappa shape index (κ1) is 16.4. The first-order valence-electron chi connectivity index (χ1n) is 7.05. The van der Waals surface area contributed by atoms with E-state index in [4.69, 9.17) is 0 Å². The van der Waals surface area contributed by atoms with E-state index in [1.165, 1.54) is 12.8 Å². The van der Waals surface area contributed by atoms with Gasteiger partial charge in [-0.15, -0.1) is 12.4 Å². The molecular weight excluding hydrogens is 262 g/mol. The van der Waals surface area contributed by atoms with Crippen molar-refractivity contribution in [2.45, 2.75) is 52.2 Å². The molecule has 2 heterocycles. The van der Waals surface area contributed by atoms with Crippen LogP contribution in [0.4, 0.5) is 0 Å². The number of piperazine rings is 1. The Kier molecular flexibility index (Phi) is 6.75. The lowest BCUT2D eigenvalue weighted by molar-refractivity contribution is 0.138. The van der Waals surface area contributed by atoms with Gasteiger partial charge in [-0.2, -0.15) is 5.10 Å². The number of nitrogens with zero attached hydrogens (tertiary/aromatic N) is 4. The Morgan fingerprint density at radius 1 is 1.47 bits per heavy atom. The standard InChI is InChI=1S/C13H25N5.ClH/c1-4-5-12-8-14-6-7-17(12)9-13-15-10-16-18(13)11(2)3;/h10-12,14H,4-9H2,1-3H3;1H. The van der Waals surface area contributed by atoms with E-state index in [0.29, 0.717) is 12.1 Å². The highest BCUT2D eigenvalue weighted by Crippen LogP contribution is 2.14. The third-order valence-corrected chi connectivity index (χ3v) is 3.57. The van der Waals surface area contributed by atoms with Crippen molar-refractivity contribution in [3.63, 3.8) is 0 Å². The van der Waals surface area contributed by atoms with E-state index in [1.54, 1.807) is 6.33 Å². The Bertz CT molecular complexity index is 364. The van der Waals surface area contributed by atoms with Gasteiger partial charge in [-0.25, -0.2) is 9.67 Å². The van der Waals surface area contributed by atoms with E-state index in [2.05, 4.69) is 41.1 Å². The van der Waals surface area contributed by atoms with Crippen LogP contribution in [-0.2, 0) is 6.54 Å². The molecule has 1 saturated heterocycles. The lowest BCUT2D eigenvalue weighted by Gasteiger charge is -2.35. The first-order valence-corrected chi connectivity index (χ1v) is 7.05. The summed E-state index contributed by atoms with van der Waals surface area (Å²) in [6.45, 7) is 10.8. The van der Waals surface area contributed by atoms with Gasteiger partial charge in [0.15, 0.2) is 0 Å². The van der Waals surface area contributed by atoms with E-state index in [9.17, 15) is 0 Å². The van der Waals surface area contributed by atoms with E-state index in [0.717, 1.165) is 32.0 Å². The summed E-state index contributed by atoms with van der Waals surface area (Å²) in [6, 6.07) is 1.02. The molecule has 1 unspecified atom stereocenters. The topological polar surface area (TPSA) is 46.0 Å². The molecule has 0 aliphatic carbocycles. The van der Waals surface area contributed by atoms with E-state index < -0.39 is 0 Å². The van der Waals surface area contributed by atoms with Crippen molar-refractivity contribution in [3.05, 3.63) is 12.2 Å². The maximum Gasteiger partial charge on any atom is 0.141 e. The number of hydrogen-bond acceptors (Lipinski definition) is 4. The second kappa shape index (κ2) is 7.82. The Morgan fingerprint density at radius 2 is 2.26 bits per heavy atom. The highest BCUT2D eigenvalue weighted by atomic mass is 35.5. The first-order chi connectivity index (χ1) is 8.72. The summed E-state index contributed by atoms with van der Waals surface area (Å²) in [5, 5.41) is 7.80. The highest BCUT2D eigenvalue weighted by molar-refractivity contribution is 5.85. The fraction of sp³-hybridized carbons (Fsp3) is 0.846. The molecule has 1 aromatic rings. The van der Waals surface area contributed by atoms with Gasteiger partial charge in [-0.3, -0.25) is 4.90 Å². The Labute approximate surface area is 122 Å². The maximum atomic E-state index is 4.42. The zero-order chi connectivity index (χ0) is 13.0. The lowest BCUT2D eigenvalue weighted by atomic mass is 10.1. The number of rotatable bonds is 5. The molecule has 1 aliphatic heterocycles. The van der Waals surface area contributed by atoms with Crippen molar-refractivity contribution in [3.8, 4) is 0 Å². The quantitative estimate of drug-likeness (QED) is 0.898. The molecule has 5 nitrogen and oxygen atoms in total. The summed E-state index contributed by atoms with van der Waals surface area (Å²) < 4.78 is 2.03. The molecular formula is C13H26ClN5. The van der Waals surface area contributed by atoms with Crippen LogP contribution in [0, 0.1) is 0 Å². The fourth-order valence-electron chi connectivity index (χ4n) is 2.63. The van der Waals surface area contributed by atoms with Gasteiger partial charge in [0.25, 0.3) is 0 Å². The van der Waals surface area contributed by atoms with Crippen molar-refractivity contribution in [2.75, 3.05) is 19.6 Å². The van der Waals surface area contributed by atoms with Crippen LogP contribution >= 0.6 is 12.4 Å². The number of hydrogen-bond donors (Lipinski definition) is 1. The molecule has 0 radical (unpaired) electrons. The van der Waals surface area contributed by atoms with Crippen LogP contribution < -0.4 is 5.32 Å². The number of aromatic nitrogens is 3. The van der Waals surface area contributed by atoms with Crippen molar-refractivity contribution < 1.29 is 0 Å². The van der Waals surface area contributed by atoms with Crippen LogP contribution in [0.5, 0.6) is 0 Å². The summed E-state index contributed by atoms with van der Waals surface area (Å²) in [5.41, 5.74) is 0. The predicted octanol–water partition coefficient (Wildman–Crippen LogP) is 1.85. The highest BCUT2D eigenvalue weighted by Gasteiger charge is 2.23. The second-order valence-corrected chi connectivity index (χ2v) is 5.33. The monoisotopic (exact) mass is 287 g/mol. The molecule has 0 saturated carbocycles. The minimum Gasteiger partial charge on any atom is -0.314 e. The molecule has 0 bridgehead atoms. The van der Waals surface area contributed by atoms with Crippen LogP contribution in [0.2, 0.25) is 0 Å². The van der Waals surface area contributed by atoms with Crippen LogP contribution in [0.25, 0.3) is 0 Å². The van der Waals surface area contributed by atoms with Crippen molar-refractivity contribution in [1.82, 2.24) is 25.0 Å². The molecule has 1 aromatic heterocycles. The SMILES string of the molecule is CCCC1CNCCN1Cc1ncnn1C(C)C.Cl. The summed E-state index contributed by atoms with van der Waals surface area (Å²) in [4.78, 5) is 6.96. The second-order valence-electron chi connectivity index (χ2n) is 5.33. The fourth-order valence-corrected chi connectivity index (χ4v) is 2.63. The number of nitrogens with one attached hydrogen (secondary N) is 1. The third-order valence-electron chi connectivity index (χ3n) is 3.57. The number of halogens is 1. The van der Waals surface area contributed by atoms with Crippen LogP contribution in [0.1, 0.15) is 45.5 Å². The minimum atomic E-state index is 0. The minimum absolute atomic E-state index is 0.